The number of nitriles is 2. The Hall–Kier alpha value is -7.11. The Morgan fingerprint density at radius 1 is 0.649 bits per heavy atom. The van der Waals surface area contributed by atoms with Crippen molar-refractivity contribution in [1.82, 2.24) is 69.1 Å². The number of amides is 4. The Labute approximate surface area is 571 Å². The second-order valence-corrected chi connectivity index (χ2v) is 41.9. The minimum atomic E-state index is -1.30. The maximum Gasteiger partial charge on any atom is 0.255 e. The number of likely N-dealkylation sites (tertiary alicyclic amines) is 2. The van der Waals surface area contributed by atoms with Crippen LogP contribution >= 0.6 is 39.1 Å². The number of rotatable bonds is 17. The first kappa shape index (κ1) is 72.7. The zero-order valence-corrected chi connectivity index (χ0v) is 61.9. The van der Waals surface area contributed by atoms with Gasteiger partial charge in [0.1, 0.15) is 52.6 Å². The van der Waals surface area contributed by atoms with E-state index in [9.17, 15) is 29.7 Å². The molecule has 27 heteroatoms. The van der Waals surface area contributed by atoms with Gasteiger partial charge in [0.25, 0.3) is 11.8 Å². The summed E-state index contributed by atoms with van der Waals surface area (Å²) in [7, 11) is 1.27. The molecule has 2 aliphatic rings. The lowest BCUT2D eigenvalue weighted by Crippen LogP contribution is -2.56. The number of carbonyl (C=O) groups excluding carboxylic acids is 4. The van der Waals surface area contributed by atoms with Gasteiger partial charge in [-0.25, -0.2) is 19.9 Å². The normalized spacial score (nSPS) is 15.1. The van der Waals surface area contributed by atoms with Gasteiger partial charge < -0.3 is 39.0 Å². The maximum atomic E-state index is 14.1. The van der Waals surface area contributed by atoms with Crippen LogP contribution in [0.1, 0.15) is 93.6 Å². The molecule has 0 aliphatic carbocycles. The van der Waals surface area contributed by atoms with Crippen LogP contribution in [0.15, 0.2) is 65.8 Å². The van der Waals surface area contributed by atoms with Crippen LogP contribution in [-0.2, 0) is 46.6 Å². The summed E-state index contributed by atoms with van der Waals surface area (Å²) in [5.41, 5.74) is 5.57. The van der Waals surface area contributed by atoms with E-state index in [1.54, 1.807) is 48.4 Å². The van der Waals surface area contributed by atoms with Crippen LogP contribution in [0.5, 0.6) is 0 Å². The molecule has 10 rings (SSSR count). The minimum Gasteiger partial charge on any atom is -0.361 e. The molecule has 0 radical (unpaired) electrons. The number of aromatic nitrogens is 10. The molecule has 0 unspecified atom stereocenters. The Kier molecular flexibility index (Phi) is 23.5. The van der Waals surface area contributed by atoms with E-state index in [4.69, 9.17) is 47.7 Å². The Morgan fingerprint density at radius 2 is 1.06 bits per heavy atom. The quantitative estimate of drug-likeness (QED) is 0.0634. The van der Waals surface area contributed by atoms with E-state index < -0.39 is 45.0 Å². The fraction of sp³-hybridized carbons (Fsp3) is 0.522. The number of halogens is 3. The predicted molar refractivity (Wildman–Crippen MR) is 377 cm³/mol. The first-order valence-electron chi connectivity index (χ1n) is 31.9. The van der Waals surface area contributed by atoms with Crippen LogP contribution in [0.3, 0.4) is 0 Å². The van der Waals surface area contributed by atoms with Crippen molar-refractivity contribution in [2.45, 2.75) is 151 Å². The van der Waals surface area contributed by atoms with E-state index in [2.05, 4.69) is 93.1 Å². The Morgan fingerprint density at radius 3 is 1.50 bits per heavy atom. The van der Waals surface area contributed by atoms with Gasteiger partial charge in [0.2, 0.25) is 11.8 Å². The number of ether oxygens (including phenoxy) is 2. The van der Waals surface area contributed by atoms with Crippen LogP contribution in [0.4, 0.5) is 0 Å². The van der Waals surface area contributed by atoms with Crippen molar-refractivity contribution in [3.05, 3.63) is 92.7 Å². The molecule has 8 aromatic rings. The third kappa shape index (κ3) is 18.3. The molecule has 2 atom stereocenters. The number of carbonyl (C=O) groups is 4. The second-order valence-electron chi connectivity index (χ2n) is 29.0. The third-order valence-electron chi connectivity index (χ3n) is 16.9. The average Bonchev–Trinajstić information content (AvgIpc) is 1.64. The van der Waals surface area contributed by atoms with Gasteiger partial charge in [-0.3, -0.25) is 28.5 Å². The molecule has 0 bridgehead atoms. The number of aryl methyl sites for hydroxylation is 3. The van der Waals surface area contributed by atoms with Crippen molar-refractivity contribution >= 4 is 123 Å². The monoisotopic (exact) mass is 1420 g/mol. The van der Waals surface area contributed by atoms with E-state index in [-0.39, 0.29) is 43.0 Å². The summed E-state index contributed by atoms with van der Waals surface area (Å²) >= 11 is 15.6. The minimum absolute atomic E-state index is 0.0205. The number of fused-ring (bicyclic) bond motifs is 4. The van der Waals surface area contributed by atoms with E-state index in [1.165, 1.54) is 0 Å². The zero-order valence-electron chi connectivity index (χ0n) is 56.8. The van der Waals surface area contributed by atoms with Crippen LogP contribution in [-0.4, -0.2) is 150 Å². The lowest BCUT2D eigenvalue weighted by Gasteiger charge is -2.37. The van der Waals surface area contributed by atoms with Gasteiger partial charge in [-0.05, 0) is 108 Å². The molecule has 0 spiro atoms. The van der Waals surface area contributed by atoms with Crippen LogP contribution < -0.4 is 10.6 Å². The summed E-state index contributed by atoms with van der Waals surface area (Å²) in [4.78, 5) is 77.0. The fourth-order valence-corrected chi connectivity index (χ4v) is 13.3. The van der Waals surface area contributed by atoms with Crippen LogP contribution in [0.2, 0.25) is 61.4 Å². The highest BCUT2D eigenvalue weighted by molar-refractivity contribution is 9.10. The van der Waals surface area contributed by atoms with Gasteiger partial charge in [-0.2, -0.15) is 20.7 Å². The smallest absolute Gasteiger partial charge is 0.255 e. The lowest BCUT2D eigenvalue weighted by molar-refractivity contribution is -0.137. The third-order valence-corrected chi connectivity index (χ3v) is 21.1. The SMILES string of the molecule is CC(C)(C)[C@@H](NC(=O)c1cn(COCC[Si](C)(C)C)c2ncc(Br)nc12)C(=O)N1CCC(C#N)CC1.Cc1nn(C)c2ccc(Cl)cc12.Cn1nc(-c2cnc3c(n2)c(C(=O)N[C@@H](C(=O)N2CCC(C#N)CC2)C(C)(C)C)cn3COCC[Si](C)(C)C)c2cc(Cl)ccc21. The van der Waals surface area contributed by atoms with E-state index in [1.807, 2.05) is 104 Å². The van der Waals surface area contributed by atoms with Crippen LogP contribution in [0, 0.1) is 52.3 Å². The number of hydrogen-bond donors (Lipinski definition) is 2. The summed E-state index contributed by atoms with van der Waals surface area (Å²) in [5, 5.41) is 36.8. The first-order chi connectivity index (χ1) is 44.1. The molecule has 2 fully saturated rings. The number of nitrogens with zero attached hydrogens (tertiary/aromatic N) is 14. The molecular weight excluding hydrogens is 1330 g/mol. The van der Waals surface area contributed by atoms with E-state index >= 15 is 0 Å². The maximum absolute atomic E-state index is 14.1. The van der Waals surface area contributed by atoms with Gasteiger partial charge in [0, 0.05) is 115 Å². The predicted octanol–water partition coefficient (Wildman–Crippen LogP) is 12.8. The molecular formula is C67H89BrCl2N16O6Si2. The fourth-order valence-electron chi connectivity index (χ4n) is 11.2. The molecule has 2 aromatic carbocycles. The largest absolute Gasteiger partial charge is 0.361 e. The molecule has 22 nitrogen and oxygen atoms in total. The highest BCUT2D eigenvalue weighted by Crippen LogP contribution is 2.33. The highest BCUT2D eigenvalue weighted by atomic mass is 79.9. The van der Waals surface area contributed by atoms with E-state index in [0.717, 1.165) is 44.6 Å². The summed E-state index contributed by atoms with van der Waals surface area (Å²) in [6.07, 6.45) is 9.21. The van der Waals surface area contributed by atoms with Crippen molar-refractivity contribution in [3.63, 3.8) is 0 Å². The molecule has 94 heavy (non-hydrogen) atoms. The molecule has 2 saturated heterocycles. The molecule has 2 aliphatic heterocycles. The molecule has 4 amide bonds. The molecule has 502 valence electrons. The van der Waals surface area contributed by atoms with Crippen molar-refractivity contribution in [1.29, 1.82) is 10.5 Å². The molecule has 2 N–H and O–H groups in total. The van der Waals surface area contributed by atoms with Gasteiger partial charge >= 0.3 is 0 Å². The molecule has 6 aromatic heterocycles. The number of hydrogen-bond acceptors (Lipinski definition) is 14. The van der Waals surface area contributed by atoms with Gasteiger partial charge in [-0.15, -0.1) is 0 Å². The standard InChI is InChI=1S/C33H43ClN8O3Si.C25H37BrN6O3Si.C9H9ClN2/c1-33(2,3)29(32(44)41-12-10-21(17-35)11-13-41)38-31(43)24-19-42(20-45-14-15-46(5,6)7)30-28(24)37-25(18-36-30)27-23-16-22(34)8-9-26(23)40(4)39-27;1-25(2,3)21(24(34)31-9-7-17(13-27)8-10-31)30-23(33)18-15-32(16-35-11-12-36(4,5)6)22-20(18)29-19(26)14-28-22;1-6-8-5-7(10)3-4-9(8)12(2)11-6/h8-9,16,18-19,21,29H,10-15,20H2,1-7H3,(H,38,43);14-15,17,21H,7-12,16H2,1-6H3,(H,30,33);3-5H,1-2H3/t29-;21-;/m00./s1. The summed E-state index contributed by atoms with van der Waals surface area (Å²) < 4.78 is 19.7. The number of benzene rings is 2. The van der Waals surface area contributed by atoms with Crippen molar-refractivity contribution in [2.24, 2.45) is 36.8 Å². The topological polar surface area (TPSA) is 262 Å². The van der Waals surface area contributed by atoms with Crippen LogP contribution in [0.25, 0.3) is 55.5 Å². The molecule has 0 saturated carbocycles. The highest BCUT2D eigenvalue weighted by Gasteiger charge is 2.40. The van der Waals surface area contributed by atoms with Gasteiger partial charge in [-0.1, -0.05) is 104 Å². The Balaban J connectivity index is 0.000000208. The summed E-state index contributed by atoms with van der Waals surface area (Å²) in [5.74, 6) is -1.16. The van der Waals surface area contributed by atoms with Gasteiger partial charge in [0.05, 0.1) is 52.4 Å². The first-order valence-corrected chi connectivity index (χ1v) is 40.8. The van der Waals surface area contributed by atoms with E-state index in [0.29, 0.717) is 120 Å². The number of nitrogens with one attached hydrogen (secondary N) is 2. The van der Waals surface area contributed by atoms with Crippen molar-refractivity contribution < 1.29 is 28.7 Å². The Bertz CT molecular complexity index is 4150. The number of piperidine rings is 2. The van der Waals surface area contributed by atoms with Crippen molar-refractivity contribution in [3.8, 4) is 23.5 Å². The van der Waals surface area contributed by atoms with Crippen molar-refractivity contribution in [2.75, 3.05) is 39.4 Å². The zero-order chi connectivity index (χ0) is 68.8. The van der Waals surface area contributed by atoms with Gasteiger partial charge in [0.15, 0.2) is 11.3 Å². The lowest BCUT2D eigenvalue weighted by atomic mass is 9.85. The summed E-state index contributed by atoms with van der Waals surface area (Å²) in [6, 6.07) is 16.5. The molecule has 8 heterocycles. The average molecular weight is 1420 g/mol. The second kappa shape index (κ2) is 30.3. The summed E-state index contributed by atoms with van der Waals surface area (Å²) in [6.45, 7) is 31.1.